The highest BCUT2D eigenvalue weighted by Gasteiger charge is 2.25. The summed E-state index contributed by atoms with van der Waals surface area (Å²) in [5.74, 6) is -3.06. The predicted molar refractivity (Wildman–Crippen MR) is 142 cm³/mol. The van der Waals surface area contributed by atoms with Crippen LogP contribution in [-0.2, 0) is 9.53 Å². The van der Waals surface area contributed by atoms with Crippen LogP contribution in [0.15, 0.2) is 42.5 Å². The van der Waals surface area contributed by atoms with Gasteiger partial charge in [-0.2, -0.15) is 0 Å². The van der Waals surface area contributed by atoms with Crippen LogP contribution in [0.3, 0.4) is 0 Å². The van der Waals surface area contributed by atoms with Crippen molar-refractivity contribution in [2.75, 3.05) is 0 Å². The number of benzene rings is 2. The number of halogens is 1. The number of unbranched alkanes of at least 4 members (excludes halogenated alkanes) is 6. The number of ether oxygens (including phenoxy) is 2. The molecule has 2 aromatic rings. The van der Waals surface area contributed by atoms with Crippen molar-refractivity contribution >= 4 is 17.9 Å². The van der Waals surface area contributed by atoms with Crippen LogP contribution in [0.5, 0.6) is 5.75 Å². The van der Waals surface area contributed by atoms with E-state index in [2.05, 4.69) is 13.8 Å². The molecule has 7 heteroatoms. The molecule has 6 nitrogen and oxygen atoms in total. The molecule has 0 saturated heterocycles. The number of carbonyl (C=O) groups excluding carboxylic acids is 2. The van der Waals surface area contributed by atoms with Gasteiger partial charge in [-0.3, -0.25) is 0 Å². The Kier molecular flexibility index (Phi) is 12.8. The lowest BCUT2D eigenvalue weighted by molar-refractivity contribution is -0.140. The Labute approximate surface area is 219 Å². The van der Waals surface area contributed by atoms with Gasteiger partial charge in [-0.25, -0.2) is 18.8 Å². The first-order valence-corrected chi connectivity index (χ1v) is 13.3. The zero-order valence-electron chi connectivity index (χ0n) is 22.1. The summed E-state index contributed by atoms with van der Waals surface area (Å²) in [6, 6.07) is 10.8. The molecule has 0 heterocycles. The maximum Gasteiger partial charge on any atom is 0.346 e. The number of hydrogen-bond acceptors (Lipinski definition) is 5. The molecule has 0 spiro atoms. The molecule has 0 amide bonds. The third-order valence-electron chi connectivity index (χ3n) is 6.22. The van der Waals surface area contributed by atoms with Crippen LogP contribution in [0, 0.1) is 0 Å². The molecule has 0 bridgehead atoms. The van der Waals surface area contributed by atoms with E-state index in [-0.39, 0.29) is 23.8 Å². The largest absolute Gasteiger partial charge is 0.478 e. The molecule has 0 aliphatic carbocycles. The summed E-state index contributed by atoms with van der Waals surface area (Å²) in [5.41, 5.74) is 0.942. The first-order chi connectivity index (χ1) is 17.8. The monoisotopic (exact) mass is 514 g/mol. The zero-order chi connectivity index (χ0) is 27.2. The number of rotatable bonds is 16. The Morgan fingerprint density at radius 3 is 2.16 bits per heavy atom. The summed E-state index contributed by atoms with van der Waals surface area (Å²) in [5, 5.41) is 9.65. The minimum absolute atomic E-state index is 0.0308. The second-order valence-corrected chi connectivity index (χ2v) is 9.37. The molecule has 37 heavy (non-hydrogen) atoms. The molecular weight excluding hydrogens is 475 g/mol. The Morgan fingerprint density at radius 1 is 0.865 bits per heavy atom. The van der Waals surface area contributed by atoms with Gasteiger partial charge in [-0.15, -0.1) is 0 Å². The van der Waals surface area contributed by atoms with E-state index in [1.54, 1.807) is 30.3 Å². The number of carboxylic acids is 1. The fraction of sp³-hybridized carbons (Fsp3) is 0.500. The summed E-state index contributed by atoms with van der Waals surface area (Å²) in [6.45, 7) is 6.04. The minimum atomic E-state index is -1.84. The molecule has 2 aromatic carbocycles. The maximum atomic E-state index is 14.6. The third-order valence-corrected chi connectivity index (χ3v) is 6.22. The highest BCUT2D eigenvalue weighted by atomic mass is 19.1. The first kappa shape index (κ1) is 30.0. The summed E-state index contributed by atoms with van der Waals surface area (Å²) in [4.78, 5) is 36.8. The number of hydrogen-bond donors (Lipinski definition) is 1. The van der Waals surface area contributed by atoms with Gasteiger partial charge in [0.25, 0.3) is 0 Å². The Hall–Kier alpha value is -3.22. The molecular formula is C30H39FO6. The van der Waals surface area contributed by atoms with E-state index in [0.29, 0.717) is 23.1 Å². The van der Waals surface area contributed by atoms with Gasteiger partial charge in [0, 0.05) is 5.56 Å². The summed E-state index contributed by atoms with van der Waals surface area (Å²) in [6.07, 6.45) is 6.47. The molecule has 202 valence electrons. The zero-order valence-corrected chi connectivity index (χ0v) is 22.1. The number of para-hydroxylation sites is 1. The lowest BCUT2D eigenvalue weighted by atomic mass is 10.00. The molecule has 0 saturated carbocycles. The van der Waals surface area contributed by atoms with Crippen molar-refractivity contribution in [2.24, 2.45) is 0 Å². The second kappa shape index (κ2) is 15.8. The lowest BCUT2D eigenvalue weighted by Gasteiger charge is -2.15. The van der Waals surface area contributed by atoms with E-state index >= 15 is 0 Å². The molecule has 0 aliphatic rings. The first-order valence-electron chi connectivity index (χ1n) is 13.3. The van der Waals surface area contributed by atoms with E-state index in [1.165, 1.54) is 12.1 Å². The molecule has 0 aliphatic heterocycles. The van der Waals surface area contributed by atoms with Crippen molar-refractivity contribution in [1.82, 2.24) is 0 Å². The summed E-state index contributed by atoms with van der Waals surface area (Å²) < 4.78 is 25.4. The fourth-order valence-corrected chi connectivity index (χ4v) is 4.02. The number of aromatic carboxylic acids is 1. The highest BCUT2D eigenvalue weighted by Crippen LogP contribution is 2.34. The standard InChI is InChI=1S/C30H39FO6/c1-4-6-8-9-10-11-16-26(31)30(35)37-27-24(14-12-15-25(27)28(32)33)22-17-19-23(20-18-22)29(34)36-21(3)13-7-5-2/h12,14-15,17-21,26H,4-11,13,16H2,1-3H3,(H,32,33)/t21?,26-/m1/s1. The fourth-order valence-electron chi connectivity index (χ4n) is 4.02. The molecule has 1 unspecified atom stereocenters. The Balaban J connectivity index is 2.15. The smallest absolute Gasteiger partial charge is 0.346 e. The lowest BCUT2D eigenvalue weighted by Crippen LogP contribution is -2.23. The van der Waals surface area contributed by atoms with Crippen LogP contribution in [0.2, 0.25) is 0 Å². The SMILES string of the molecule is CCCCCCCC[C@@H](F)C(=O)Oc1c(C(=O)O)cccc1-c1ccc(C(=O)OC(C)CCCC)cc1. The maximum absolute atomic E-state index is 14.6. The van der Waals surface area contributed by atoms with Crippen LogP contribution in [0.4, 0.5) is 4.39 Å². The van der Waals surface area contributed by atoms with Gasteiger partial charge in [0.2, 0.25) is 0 Å². The third kappa shape index (κ3) is 9.63. The van der Waals surface area contributed by atoms with Crippen molar-refractivity contribution in [2.45, 2.75) is 97.3 Å². The van der Waals surface area contributed by atoms with E-state index in [1.807, 2.05) is 6.92 Å². The molecule has 2 rings (SSSR count). The van der Waals surface area contributed by atoms with Crippen molar-refractivity contribution in [3.05, 3.63) is 53.6 Å². The van der Waals surface area contributed by atoms with Gasteiger partial charge in [0.1, 0.15) is 5.56 Å². The molecule has 0 radical (unpaired) electrons. The quantitative estimate of drug-likeness (QED) is 0.140. The second-order valence-electron chi connectivity index (χ2n) is 9.37. The minimum Gasteiger partial charge on any atom is -0.478 e. The normalized spacial score (nSPS) is 12.5. The number of esters is 2. The number of carbonyl (C=O) groups is 3. The molecule has 1 N–H and O–H groups in total. The van der Waals surface area contributed by atoms with Gasteiger partial charge in [-0.05, 0) is 49.9 Å². The average molecular weight is 515 g/mol. The number of alkyl halides is 1. The van der Waals surface area contributed by atoms with E-state index in [0.717, 1.165) is 51.4 Å². The van der Waals surface area contributed by atoms with Gasteiger partial charge < -0.3 is 14.6 Å². The van der Waals surface area contributed by atoms with Crippen molar-refractivity contribution in [1.29, 1.82) is 0 Å². The van der Waals surface area contributed by atoms with Gasteiger partial charge in [0.05, 0.1) is 11.7 Å². The van der Waals surface area contributed by atoms with E-state index < -0.39 is 24.1 Å². The van der Waals surface area contributed by atoms with Crippen molar-refractivity contribution in [3.8, 4) is 16.9 Å². The number of carboxylic acid groups (broad SMARTS) is 1. The topological polar surface area (TPSA) is 89.9 Å². The Morgan fingerprint density at radius 2 is 1.51 bits per heavy atom. The van der Waals surface area contributed by atoms with Crippen LogP contribution in [-0.4, -0.2) is 35.3 Å². The Bertz CT molecular complexity index is 1020. The molecule has 2 atom stereocenters. The van der Waals surface area contributed by atoms with Crippen molar-refractivity contribution < 1.29 is 33.4 Å². The highest BCUT2D eigenvalue weighted by molar-refractivity contribution is 5.96. The predicted octanol–water partition coefficient (Wildman–Crippen LogP) is 7.78. The summed E-state index contributed by atoms with van der Waals surface area (Å²) in [7, 11) is 0. The summed E-state index contributed by atoms with van der Waals surface area (Å²) >= 11 is 0. The molecule has 0 fully saturated rings. The van der Waals surface area contributed by atoms with Gasteiger partial charge >= 0.3 is 17.9 Å². The van der Waals surface area contributed by atoms with E-state index in [9.17, 15) is 23.9 Å². The van der Waals surface area contributed by atoms with Crippen LogP contribution in [0.1, 0.15) is 106 Å². The van der Waals surface area contributed by atoms with Gasteiger partial charge in [-0.1, -0.05) is 83.1 Å². The van der Waals surface area contributed by atoms with Gasteiger partial charge in [0.15, 0.2) is 11.9 Å². The van der Waals surface area contributed by atoms with Crippen LogP contribution < -0.4 is 4.74 Å². The van der Waals surface area contributed by atoms with Crippen LogP contribution >= 0.6 is 0 Å². The van der Waals surface area contributed by atoms with Crippen molar-refractivity contribution in [3.63, 3.8) is 0 Å². The van der Waals surface area contributed by atoms with E-state index in [4.69, 9.17) is 9.47 Å². The van der Waals surface area contributed by atoms with Crippen LogP contribution in [0.25, 0.3) is 11.1 Å². The molecule has 0 aromatic heterocycles. The average Bonchev–Trinajstić information content (AvgIpc) is 2.89.